The number of nitrogens with zero attached hydrogens (tertiary/aromatic N) is 2. The van der Waals surface area contributed by atoms with E-state index >= 15 is 0 Å². The molecule has 2 aliphatic heterocycles. The lowest BCUT2D eigenvalue weighted by atomic mass is 10.0. The van der Waals surface area contributed by atoms with E-state index in [0.717, 1.165) is 25.5 Å². The lowest BCUT2D eigenvalue weighted by Gasteiger charge is -2.32. The lowest BCUT2D eigenvalue weighted by molar-refractivity contribution is -0.192. The number of hydrogen-bond donors (Lipinski definition) is 2. The summed E-state index contributed by atoms with van der Waals surface area (Å²) in [5.74, 6) is -1.86. The highest BCUT2D eigenvalue weighted by Crippen LogP contribution is 2.35. The summed E-state index contributed by atoms with van der Waals surface area (Å²) in [6, 6.07) is 4.38. The number of halogens is 3. The Hall–Kier alpha value is -2.07. The minimum absolute atomic E-state index is 0.0127. The topological polar surface area (TPSA) is 83.8 Å². The van der Waals surface area contributed by atoms with Gasteiger partial charge in [0.2, 0.25) is 0 Å². The summed E-state index contributed by atoms with van der Waals surface area (Å²) in [5.41, 5.74) is 0.716. The number of aliphatic carboxylic acids is 1. The number of carboxylic acids is 1. The molecule has 4 rings (SSSR count). The van der Waals surface area contributed by atoms with Crippen LogP contribution in [0.25, 0.3) is 0 Å². The number of rotatable bonds is 4. The number of hydrogen-bond acceptors (Lipinski definition) is 4. The maximum Gasteiger partial charge on any atom is 0.490 e. The van der Waals surface area contributed by atoms with Crippen molar-refractivity contribution in [2.75, 3.05) is 19.7 Å². The quantitative estimate of drug-likeness (QED) is 0.783. The Morgan fingerprint density at radius 1 is 1.31 bits per heavy atom. The van der Waals surface area contributed by atoms with Gasteiger partial charge in [-0.25, -0.2) is 4.79 Å². The first-order chi connectivity index (χ1) is 13.7. The highest BCUT2D eigenvalue weighted by Gasteiger charge is 2.46. The van der Waals surface area contributed by atoms with Crippen LogP contribution in [0.4, 0.5) is 13.2 Å². The molecule has 29 heavy (non-hydrogen) atoms. The third kappa shape index (κ3) is 5.51. The Labute approximate surface area is 166 Å². The summed E-state index contributed by atoms with van der Waals surface area (Å²) in [4.78, 5) is 24.0. The van der Waals surface area contributed by atoms with Crippen LogP contribution in [0.1, 0.15) is 36.2 Å². The highest BCUT2D eigenvalue weighted by atomic mass is 19.4. The van der Waals surface area contributed by atoms with E-state index in [1.807, 2.05) is 29.9 Å². The third-order valence-electron chi connectivity index (χ3n) is 5.56. The molecule has 1 aromatic heterocycles. The van der Waals surface area contributed by atoms with Crippen molar-refractivity contribution >= 4 is 11.9 Å². The van der Waals surface area contributed by atoms with Crippen LogP contribution in [0.15, 0.2) is 18.3 Å². The monoisotopic (exact) mass is 417 g/mol. The molecule has 2 N–H and O–H groups in total. The van der Waals surface area contributed by atoms with Gasteiger partial charge >= 0.3 is 12.1 Å². The fourth-order valence-corrected chi connectivity index (χ4v) is 3.96. The van der Waals surface area contributed by atoms with E-state index in [0.29, 0.717) is 11.7 Å². The molecular formula is C19H26F3N3O4. The molecule has 10 heteroatoms. The van der Waals surface area contributed by atoms with Crippen LogP contribution in [-0.4, -0.2) is 70.5 Å². The molecule has 3 heterocycles. The van der Waals surface area contributed by atoms with Gasteiger partial charge in [-0.3, -0.25) is 9.69 Å². The average Bonchev–Trinajstić information content (AvgIpc) is 3.27. The largest absolute Gasteiger partial charge is 0.490 e. The predicted molar refractivity (Wildman–Crippen MR) is 97.4 cm³/mol. The fraction of sp³-hybridized carbons (Fsp3) is 0.684. The number of carbonyl (C=O) groups is 2. The molecule has 0 bridgehead atoms. The number of fused-ring (bicyclic) bond motifs is 1. The number of nitrogens with one attached hydrogen (secondary N) is 1. The van der Waals surface area contributed by atoms with Crippen molar-refractivity contribution in [2.24, 2.45) is 13.0 Å². The second-order valence-corrected chi connectivity index (χ2v) is 7.83. The van der Waals surface area contributed by atoms with Crippen LogP contribution in [0.2, 0.25) is 0 Å². The summed E-state index contributed by atoms with van der Waals surface area (Å²) < 4.78 is 39.6. The van der Waals surface area contributed by atoms with Crippen molar-refractivity contribution in [1.29, 1.82) is 0 Å². The Balaban J connectivity index is 0.000000298. The van der Waals surface area contributed by atoms with Gasteiger partial charge in [0.1, 0.15) is 5.69 Å². The van der Waals surface area contributed by atoms with Crippen molar-refractivity contribution in [3.63, 3.8) is 0 Å². The number of likely N-dealkylation sites (tertiary alicyclic amines) is 1. The molecule has 3 aliphatic rings. The number of aromatic nitrogens is 1. The number of carbonyl (C=O) groups excluding carboxylic acids is 1. The SMILES string of the molecule is Cn1cccc1C(=O)N[C@@H]1CN(CC2CC2)[C@@H]2CCCO[C@@H]21.O=C(O)C(F)(F)F. The van der Waals surface area contributed by atoms with E-state index < -0.39 is 12.1 Å². The minimum atomic E-state index is -5.08. The zero-order valence-electron chi connectivity index (χ0n) is 16.2. The van der Waals surface area contributed by atoms with Crippen LogP contribution < -0.4 is 5.32 Å². The molecule has 2 saturated heterocycles. The molecule has 7 nitrogen and oxygen atoms in total. The summed E-state index contributed by atoms with van der Waals surface area (Å²) >= 11 is 0. The van der Waals surface area contributed by atoms with Gasteiger partial charge < -0.3 is 19.7 Å². The molecule has 0 unspecified atom stereocenters. The van der Waals surface area contributed by atoms with Crippen molar-refractivity contribution < 1.29 is 32.6 Å². The molecule has 3 atom stereocenters. The van der Waals surface area contributed by atoms with Crippen molar-refractivity contribution in [2.45, 2.75) is 50.0 Å². The highest BCUT2D eigenvalue weighted by molar-refractivity contribution is 5.93. The van der Waals surface area contributed by atoms with Crippen LogP contribution >= 0.6 is 0 Å². The molecular weight excluding hydrogens is 391 g/mol. The second kappa shape index (κ2) is 8.74. The Morgan fingerprint density at radius 2 is 2.00 bits per heavy atom. The number of alkyl halides is 3. The maximum absolute atomic E-state index is 12.5. The molecule has 1 aromatic rings. The Morgan fingerprint density at radius 3 is 2.55 bits per heavy atom. The second-order valence-electron chi connectivity index (χ2n) is 7.83. The molecule has 1 amide bonds. The summed E-state index contributed by atoms with van der Waals surface area (Å²) in [6.07, 6.45) is 2.07. The van der Waals surface area contributed by atoms with Crippen molar-refractivity contribution in [3.8, 4) is 0 Å². The van der Waals surface area contributed by atoms with E-state index in [2.05, 4.69) is 10.2 Å². The average molecular weight is 417 g/mol. The Kier molecular flexibility index (Phi) is 6.52. The van der Waals surface area contributed by atoms with Gasteiger partial charge in [0.15, 0.2) is 0 Å². The molecule has 0 spiro atoms. The molecule has 0 radical (unpaired) electrons. The zero-order chi connectivity index (χ0) is 21.2. The van der Waals surface area contributed by atoms with E-state index in [4.69, 9.17) is 14.6 Å². The summed E-state index contributed by atoms with van der Waals surface area (Å²) in [7, 11) is 1.91. The van der Waals surface area contributed by atoms with Crippen LogP contribution in [0.5, 0.6) is 0 Å². The smallest absolute Gasteiger partial charge is 0.475 e. The first-order valence-corrected chi connectivity index (χ1v) is 9.74. The minimum Gasteiger partial charge on any atom is -0.475 e. The van der Waals surface area contributed by atoms with E-state index in [1.165, 1.54) is 25.8 Å². The number of ether oxygens (including phenoxy) is 1. The van der Waals surface area contributed by atoms with Crippen molar-refractivity contribution in [3.05, 3.63) is 24.0 Å². The van der Waals surface area contributed by atoms with Gasteiger partial charge in [0.25, 0.3) is 5.91 Å². The van der Waals surface area contributed by atoms with E-state index in [9.17, 15) is 18.0 Å². The summed E-state index contributed by atoms with van der Waals surface area (Å²) in [6.45, 7) is 2.94. The number of amides is 1. The lowest BCUT2D eigenvalue weighted by Crippen LogP contribution is -2.47. The normalized spacial score (nSPS) is 27.0. The maximum atomic E-state index is 12.5. The van der Waals surface area contributed by atoms with Gasteiger partial charge in [-0.1, -0.05) is 0 Å². The number of carboxylic acid groups (broad SMARTS) is 1. The summed E-state index contributed by atoms with van der Waals surface area (Å²) in [5, 5.41) is 10.3. The first-order valence-electron chi connectivity index (χ1n) is 9.74. The fourth-order valence-electron chi connectivity index (χ4n) is 3.96. The molecule has 162 valence electrons. The van der Waals surface area contributed by atoms with Crippen LogP contribution in [0, 0.1) is 5.92 Å². The van der Waals surface area contributed by atoms with E-state index in [-0.39, 0.29) is 18.1 Å². The van der Waals surface area contributed by atoms with Crippen molar-refractivity contribution in [1.82, 2.24) is 14.8 Å². The molecule has 1 saturated carbocycles. The van der Waals surface area contributed by atoms with Crippen LogP contribution in [-0.2, 0) is 16.6 Å². The molecule has 1 aliphatic carbocycles. The molecule has 0 aromatic carbocycles. The van der Waals surface area contributed by atoms with E-state index in [1.54, 1.807) is 0 Å². The standard InChI is InChI=1S/C17H25N3O2.C2HF3O2/c1-19-8-2-4-15(19)17(21)18-13-11-20(10-12-6-7-12)14-5-3-9-22-16(13)14;3-2(4,5)1(6)7/h2,4,8,12-14,16H,3,5-7,9-11H2,1H3,(H,18,21);(H,6,7)/t13-,14-,16-;/m1./s1. The number of aryl methyl sites for hydroxylation is 1. The van der Waals surface area contributed by atoms with Gasteiger partial charge in [-0.2, -0.15) is 13.2 Å². The van der Waals surface area contributed by atoms with Gasteiger partial charge in [0.05, 0.1) is 12.1 Å². The molecule has 3 fully saturated rings. The van der Waals surface area contributed by atoms with Gasteiger partial charge in [-0.05, 0) is 43.7 Å². The zero-order valence-corrected chi connectivity index (χ0v) is 16.2. The third-order valence-corrected chi connectivity index (χ3v) is 5.56. The first kappa shape index (κ1) is 21.6. The van der Waals surface area contributed by atoms with Gasteiger partial charge in [0, 0.05) is 39.0 Å². The predicted octanol–water partition coefficient (Wildman–Crippen LogP) is 2.03. The van der Waals surface area contributed by atoms with Gasteiger partial charge in [-0.15, -0.1) is 0 Å². The Bertz CT molecular complexity index is 733. The van der Waals surface area contributed by atoms with Crippen LogP contribution in [0.3, 0.4) is 0 Å².